The highest BCUT2D eigenvalue weighted by atomic mass is 16.5. The first-order valence-corrected chi connectivity index (χ1v) is 11.5. The molecule has 8 heteroatoms. The second-order valence-electron chi connectivity index (χ2n) is 9.44. The maximum atomic E-state index is 13.7. The maximum absolute atomic E-state index is 13.7. The molecular weight excluding hydrogens is 404 g/mol. The molecule has 0 spiro atoms. The molecular formula is C24H28N6O2. The third-order valence-electron chi connectivity index (χ3n) is 7.31. The number of hydrogen-bond acceptors (Lipinski definition) is 5. The maximum Gasteiger partial charge on any atom is 0.233 e. The number of ether oxygens (including phenoxy) is 1. The van der Waals surface area contributed by atoms with Gasteiger partial charge in [0.1, 0.15) is 17.8 Å². The number of methoxy groups -OCH3 is 1. The van der Waals surface area contributed by atoms with E-state index in [4.69, 9.17) is 9.84 Å². The van der Waals surface area contributed by atoms with Crippen LogP contribution in [0.2, 0.25) is 0 Å². The second-order valence-corrected chi connectivity index (χ2v) is 9.44. The molecule has 2 fully saturated rings. The average molecular weight is 433 g/mol. The lowest BCUT2D eigenvalue weighted by Crippen LogP contribution is -2.42. The van der Waals surface area contributed by atoms with Crippen LogP contribution in [0.3, 0.4) is 0 Å². The summed E-state index contributed by atoms with van der Waals surface area (Å²) in [6.45, 7) is 2.24. The number of aromatic nitrogens is 5. The molecule has 1 amide bonds. The fourth-order valence-corrected chi connectivity index (χ4v) is 5.06. The van der Waals surface area contributed by atoms with E-state index in [-0.39, 0.29) is 5.91 Å². The minimum absolute atomic E-state index is 0.225. The van der Waals surface area contributed by atoms with Gasteiger partial charge in [0.2, 0.25) is 5.91 Å². The number of hydrogen-bond donors (Lipinski definition) is 0. The molecule has 2 saturated carbocycles. The number of amides is 1. The Balaban J connectivity index is 1.29. The quantitative estimate of drug-likeness (QED) is 0.599. The van der Waals surface area contributed by atoms with Crippen LogP contribution in [-0.2, 0) is 36.8 Å². The van der Waals surface area contributed by atoms with Gasteiger partial charge in [0.25, 0.3) is 0 Å². The van der Waals surface area contributed by atoms with E-state index in [1.54, 1.807) is 7.11 Å². The first kappa shape index (κ1) is 19.5. The van der Waals surface area contributed by atoms with Crippen LogP contribution in [0.15, 0.2) is 30.6 Å². The molecule has 0 unspecified atom stereocenters. The third kappa shape index (κ3) is 3.12. The van der Waals surface area contributed by atoms with Gasteiger partial charge in [0, 0.05) is 44.4 Å². The Morgan fingerprint density at radius 2 is 2.00 bits per heavy atom. The van der Waals surface area contributed by atoms with Gasteiger partial charge in [-0.05, 0) is 49.3 Å². The van der Waals surface area contributed by atoms with Crippen LogP contribution < -0.4 is 4.74 Å². The largest absolute Gasteiger partial charge is 0.497 e. The number of carbonyl (C=O) groups is 1. The van der Waals surface area contributed by atoms with Crippen molar-refractivity contribution in [3.63, 3.8) is 0 Å². The number of carbonyl (C=O) groups excluding carboxylic acids is 1. The highest BCUT2D eigenvalue weighted by Gasteiger charge is 2.53. The highest BCUT2D eigenvalue weighted by Crippen LogP contribution is 2.50. The summed E-state index contributed by atoms with van der Waals surface area (Å²) in [5.74, 6) is 2.58. The van der Waals surface area contributed by atoms with Crippen LogP contribution in [0, 0.1) is 5.92 Å². The number of benzene rings is 1. The molecule has 0 bridgehead atoms. The van der Waals surface area contributed by atoms with Gasteiger partial charge in [-0.1, -0.05) is 12.1 Å². The highest BCUT2D eigenvalue weighted by molar-refractivity contribution is 5.91. The topological polar surface area (TPSA) is 78.1 Å². The van der Waals surface area contributed by atoms with Gasteiger partial charge in [-0.25, -0.2) is 0 Å². The van der Waals surface area contributed by atoms with E-state index in [9.17, 15) is 4.79 Å². The molecule has 32 heavy (non-hydrogen) atoms. The van der Waals surface area contributed by atoms with E-state index >= 15 is 0 Å². The van der Waals surface area contributed by atoms with Crippen molar-refractivity contribution < 1.29 is 9.53 Å². The lowest BCUT2D eigenvalue weighted by atomic mass is 9.92. The summed E-state index contributed by atoms with van der Waals surface area (Å²) in [4.78, 5) is 15.7. The summed E-state index contributed by atoms with van der Waals surface area (Å²) in [6.07, 6.45) is 6.96. The molecule has 1 aliphatic heterocycles. The molecule has 1 aromatic carbocycles. The minimum atomic E-state index is -0.391. The molecule has 3 heterocycles. The van der Waals surface area contributed by atoms with Crippen LogP contribution in [0.1, 0.15) is 42.5 Å². The van der Waals surface area contributed by atoms with Crippen LogP contribution >= 0.6 is 0 Å². The first-order chi connectivity index (χ1) is 15.6. The standard InChI is InChI=1S/C24H28N6O2/c1-28-20-9-12-29(23(31)24(10-11-24)17-5-7-18(32-2)8-6-17)14-19(20)21(27-28)22-26-25-15-30(22)13-16-3-4-16/h5-8,15-16H,3-4,9-14H2,1-2H3. The van der Waals surface area contributed by atoms with Crippen molar-refractivity contribution in [2.75, 3.05) is 13.7 Å². The Hall–Kier alpha value is -3.16. The van der Waals surface area contributed by atoms with Crippen LogP contribution in [0.4, 0.5) is 0 Å². The number of rotatable bonds is 6. The molecule has 166 valence electrons. The lowest BCUT2D eigenvalue weighted by Gasteiger charge is -2.31. The van der Waals surface area contributed by atoms with Crippen LogP contribution in [0.25, 0.3) is 11.5 Å². The summed E-state index contributed by atoms with van der Waals surface area (Å²) in [5.41, 5.74) is 3.87. The van der Waals surface area contributed by atoms with Crippen LogP contribution in [0.5, 0.6) is 5.75 Å². The molecule has 3 aliphatic rings. The van der Waals surface area contributed by atoms with E-state index < -0.39 is 5.41 Å². The van der Waals surface area contributed by atoms with Crippen molar-refractivity contribution >= 4 is 5.91 Å². The number of nitrogens with zero attached hydrogens (tertiary/aromatic N) is 6. The average Bonchev–Trinajstić information content (AvgIpc) is 3.73. The predicted molar refractivity (Wildman–Crippen MR) is 118 cm³/mol. The Bertz CT molecular complexity index is 1170. The van der Waals surface area contributed by atoms with E-state index in [1.165, 1.54) is 18.5 Å². The van der Waals surface area contributed by atoms with E-state index in [0.29, 0.717) is 6.54 Å². The van der Waals surface area contributed by atoms with Crippen molar-refractivity contribution in [1.29, 1.82) is 0 Å². The summed E-state index contributed by atoms with van der Waals surface area (Å²) in [7, 11) is 3.65. The molecule has 0 N–H and O–H groups in total. The van der Waals surface area contributed by atoms with Gasteiger partial charge in [-0.2, -0.15) is 5.10 Å². The Kier molecular flexibility index (Phi) is 4.38. The van der Waals surface area contributed by atoms with Gasteiger partial charge >= 0.3 is 0 Å². The fraction of sp³-hybridized carbons (Fsp3) is 0.500. The molecule has 0 saturated heterocycles. The molecule has 6 rings (SSSR count). The molecule has 2 aromatic heterocycles. The molecule has 0 radical (unpaired) electrons. The fourth-order valence-electron chi connectivity index (χ4n) is 5.06. The van der Waals surface area contributed by atoms with Crippen molar-refractivity contribution in [3.05, 3.63) is 47.4 Å². The monoisotopic (exact) mass is 432 g/mol. The van der Waals surface area contributed by atoms with Gasteiger partial charge in [0.15, 0.2) is 5.82 Å². The summed E-state index contributed by atoms with van der Waals surface area (Å²) in [6, 6.07) is 7.97. The van der Waals surface area contributed by atoms with Crippen molar-refractivity contribution in [2.24, 2.45) is 13.0 Å². The Morgan fingerprint density at radius 3 is 2.69 bits per heavy atom. The molecule has 8 nitrogen and oxygen atoms in total. The normalized spacial score (nSPS) is 19.0. The lowest BCUT2D eigenvalue weighted by molar-refractivity contribution is -0.134. The Morgan fingerprint density at radius 1 is 1.22 bits per heavy atom. The first-order valence-electron chi connectivity index (χ1n) is 11.5. The van der Waals surface area contributed by atoms with E-state index in [0.717, 1.165) is 66.7 Å². The summed E-state index contributed by atoms with van der Waals surface area (Å²) >= 11 is 0. The smallest absolute Gasteiger partial charge is 0.233 e. The van der Waals surface area contributed by atoms with E-state index in [1.807, 2.05) is 47.2 Å². The van der Waals surface area contributed by atoms with Gasteiger partial charge in [-0.15, -0.1) is 10.2 Å². The predicted octanol–water partition coefficient (Wildman–Crippen LogP) is 2.71. The number of fused-ring (bicyclic) bond motifs is 1. The zero-order valence-corrected chi connectivity index (χ0v) is 18.6. The summed E-state index contributed by atoms with van der Waals surface area (Å²) < 4.78 is 9.37. The zero-order chi connectivity index (χ0) is 21.9. The van der Waals surface area contributed by atoms with Crippen LogP contribution in [-0.4, -0.2) is 49.0 Å². The second kappa shape index (κ2) is 7.18. The Labute approximate surface area is 187 Å². The van der Waals surface area contributed by atoms with Gasteiger partial charge in [0.05, 0.1) is 12.5 Å². The van der Waals surface area contributed by atoms with Crippen molar-refractivity contribution in [1.82, 2.24) is 29.4 Å². The third-order valence-corrected chi connectivity index (χ3v) is 7.31. The minimum Gasteiger partial charge on any atom is -0.497 e. The summed E-state index contributed by atoms with van der Waals surface area (Å²) in [5, 5.41) is 13.4. The zero-order valence-electron chi connectivity index (χ0n) is 18.6. The number of aryl methyl sites for hydroxylation is 1. The molecule has 3 aromatic rings. The van der Waals surface area contributed by atoms with Crippen molar-refractivity contribution in [2.45, 2.75) is 50.6 Å². The SMILES string of the molecule is COc1ccc(C2(C(=O)N3CCc4c(c(-c5nncn5CC5CC5)nn4C)C3)CC2)cc1. The molecule has 0 atom stereocenters. The van der Waals surface area contributed by atoms with Crippen molar-refractivity contribution in [3.8, 4) is 17.3 Å². The van der Waals surface area contributed by atoms with Gasteiger partial charge < -0.3 is 14.2 Å². The molecule has 2 aliphatic carbocycles. The van der Waals surface area contributed by atoms with Gasteiger partial charge in [-0.3, -0.25) is 9.48 Å². The van der Waals surface area contributed by atoms with E-state index in [2.05, 4.69) is 14.8 Å².